The number of aliphatic hydroxyl groups excluding tert-OH is 1. The molecule has 21 heavy (non-hydrogen) atoms. The molecular formula is C14H18O7. The van der Waals surface area contributed by atoms with Crippen LogP contribution in [0.4, 0.5) is 0 Å². The predicted octanol–water partition coefficient (Wildman–Crippen LogP) is 0.0782. The van der Waals surface area contributed by atoms with Crippen LogP contribution in [-0.4, -0.2) is 54.4 Å². The molecule has 0 radical (unpaired) electrons. The number of ether oxygens (including phenoxy) is 4. The lowest BCUT2D eigenvalue weighted by Gasteiger charge is -2.37. The lowest BCUT2D eigenvalue weighted by atomic mass is 10.0. The monoisotopic (exact) mass is 298 g/mol. The van der Waals surface area contributed by atoms with E-state index in [1.807, 2.05) is 0 Å². The van der Waals surface area contributed by atoms with Crippen LogP contribution in [0.25, 0.3) is 0 Å². The fourth-order valence-corrected chi connectivity index (χ4v) is 2.07. The van der Waals surface area contributed by atoms with Crippen molar-refractivity contribution in [1.82, 2.24) is 0 Å². The van der Waals surface area contributed by atoms with Gasteiger partial charge in [0.15, 0.2) is 18.5 Å². The van der Waals surface area contributed by atoms with Gasteiger partial charge in [0.2, 0.25) is 0 Å². The van der Waals surface area contributed by atoms with E-state index in [0.29, 0.717) is 0 Å². The second kappa shape index (κ2) is 5.97. The van der Waals surface area contributed by atoms with Crippen LogP contribution in [0.5, 0.6) is 0 Å². The Morgan fingerprint density at radius 2 is 1.62 bits per heavy atom. The molecule has 1 N–H and O–H groups in total. The molecule has 0 aromatic heterocycles. The topological polar surface area (TPSA) is 91.3 Å². The van der Waals surface area contributed by atoms with Crippen LogP contribution in [0.15, 0.2) is 24.3 Å². The Balaban J connectivity index is 2.12. The summed E-state index contributed by atoms with van der Waals surface area (Å²) >= 11 is 0. The molecule has 5 atom stereocenters. The summed E-state index contributed by atoms with van der Waals surface area (Å²) < 4.78 is 21.0. The largest absolute Gasteiger partial charge is 0.453 e. The third-order valence-electron chi connectivity index (χ3n) is 3.22. The lowest BCUT2D eigenvalue weighted by molar-refractivity contribution is -0.243. The molecule has 7 heteroatoms. The van der Waals surface area contributed by atoms with Gasteiger partial charge in [-0.05, 0) is 13.8 Å². The molecule has 0 amide bonds. The summed E-state index contributed by atoms with van der Waals surface area (Å²) in [7, 11) is 0. The maximum atomic E-state index is 11.6. The van der Waals surface area contributed by atoms with Crippen LogP contribution in [-0.2, 0) is 28.5 Å². The lowest BCUT2D eigenvalue weighted by Crippen LogP contribution is -2.56. The van der Waals surface area contributed by atoms with E-state index in [9.17, 15) is 14.7 Å². The van der Waals surface area contributed by atoms with Gasteiger partial charge < -0.3 is 24.1 Å². The molecule has 2 saturated heterocycles. The number of hydrogen-bond acceptors (Lipinski definition) is 7. The first-order chi connectivity index (χ1) is 9.81. The van der Waals surface area contributed by atoms with Gasteiger partial charge in [-0.15, -0.1) is 0 Å². The fraction of sp³-hybridized carbons (Fsp3) is 0.571. The first-order valence-electron chi connectivity index (χ1n) is 6.49. The summed E-state index contributed by atoms with van der Waals surface area (Å²) in [5, 5.41) is 10.3. The molecule has 2 aliphatic heterocycles. The third-order valence-corrected chi connectivity index (χ3v) is 3.22. The Morgan fingerprint density at radius 1 is 1.10 bits per heavy atom. The maximum absolute atomic E-state index is 11.6. The van der Waals surface area contributed by atoms with E-state index in [2.05, 4.69) is 13.2 Å². The van der Waals surface area contributed by atoms with Gasteiger partial charge in [-0.1, -0.05) is 13.2 Å². The molecule has 2 aliphatic rings. The zero-order valence-corrected chi connectivity index (χ0v) is 11.9. The van der Waals surface area contributed by atoms with Gasteiger partial charge in [0, 0.05) is 11.1 Å². The average Bonchev–Trinajstić information content (AvgIpc) is 2.85. The Kier molecular flexibility index (Phi) is 4.46. The molecule has 2 heterocycles. The SMILES string of the molecule is C=C(C)C(=O)O[C@H]1[C@@H]2OC[C@@H](O2)[C@@H](OC(=O)C(=C)C)[C@@H]1O. The van der Waals surface area contributed by atoms with Gasteiger partial charge in [0.1, 0.15) is 12.2 Å². The molecule has 0 spiro atoms. The minimum absolute atomic E-state index is 0.136. The van der Waals surface area contributed by atoms with Crippen molar-refractivity contribution in [2.24, 2.45) is 0 Å². The number of carbonyl (C=O) groups excluding carboxylic acids is 2. The number of fused-ring (bicyclic) bond motifs is 2. The van der Waals surface area contributed by atoms with Gasteiger partial charge in [0.05, 0.1) is 6.61 Å². The summed E-state index contributed by atoms with van der Waals surface area (Å²) in [6, 6.07) is 0. The molecule has 7 nitrogen and oxygen atoms in total. The van der Waals surface area contributed by atoms with Gasteiger partial charge >= 0.3 is 11.9 Å². The van der Waals surface area contributed by atoms with E-state index in [1.54, 1.807) is 0 Å². The quantitative estimate of drug-likeness (QED) is 0.580. The van der Waals surface area contributed by atoms with E-state index in [1.165, 1.54) is 13.8 Å². The molecule has 2 rings (SSSR count). The third kappa shape index (κ3) is 3.15. The van der Waals surface area contributed by atoms with Crippen LogP contribution in [0.2, 0.25) is 0 Å². The van der Waals surface area contributed by atoms with Crippen molar-refractivity contribution in [2.45, 2.75) is 44.6 Å². The highest BCUT2D eigenvalue weighted by atomic mass is 16.8. The molecule has 2 fully saturated rings. The Labute approximate surface area is 122 Å². The smallest absolute Gasteiger partial charge is 0.333 e. The number of aliphatic hydroxyl groups is 1. The number of carbonyl (C=O) groups is 2. The standard InChI is InChI=1S/C14H18O7/c1-6(2)12(16)20-10-8-5-18-14(19-8)11(9(10)15)21-13(17)7(3)4/h8-11,14-15H,1,3,5H2,2,4H3/t8-,9+,10-,11-,14-/m1/s1. The van der Waals surface area contributed by atoms with Gasteiger partial charge in [0.25, 0.3) is 0 Å². The molecule has 116 valence electrons. The van der Waals surface area contributed by atoms with Crippen molar-refractivity contribution in [2.75, 3.05) is 6.61 Å². The van der Waals surface area contributed by atoms with Crippen LogP contribution < -0.4 is 0 Å². The number of hydrogen-bond donors (Lipinski definition) is 1. The summed E-state index contributed by atoms with van der Waals surface area (Å²) in [6.07, 6.45) is -4.81. The van der Waals surface area contributed by atoms with Crippen molar-refractivity contribution in [1.29, 1.82) is 0 Å². The Bertz CT molecular complexity index is 442. The van der Waals surface area contributed by atoms with Crippen molar-refractivity contribution < 1.29 is 33.6 Å². The molecule has 0 aromatic rings. The Morgan fingerprint density at radius 3 is 2.14 bits per heavy atom. The van der Waals surface area contributed by atoms with E-state index in [0.717, 1.165) is 0 Å². The van der Waals surface area contributed by atoms with Gasteiger partial charge in [-0.2, -0.15) is 0 Å². The van der Waals surface area contributed by atoms with Crippen molar-refractivity contribution in [3.05, 3.63) is 24.3 Å². The molecule has 0 aliphatic carbocycles. The summed E-state index contributed by atoms with van der Waals surface area (Å²) in [5.41, 5.74) is 0.372. The summed E-state index contributed by atoms with van der Waals surface area (Å²) in [5.74, 6) is -1.33. The average molecular weight is 298 g/mol. The Hall–Kier alpha value is -1.70. The number of esters is 2. The van der Waals surface area contributed by atoms with Crippen LogP contribution >= 0.6 is 0 Å². The van der Waals surface area contributed by atoms with E-state index < -0.39 is 42.6 Å². The van der Waals surface area contributed by atoms with Crippen LogP contribution in [0.3, 0.4) is 0 Å². The van der Waals surface area contributed by atoms with Gasteiger partial charge in [-0.25, -0.2) is 9.59 Å². The number of rotatable bonds is 4. The first-order valence-corrected chi connectivity index (χ1v) is 6.49. The van der Waals surface area contributed by atoms with Crippen molar-refractivity contribution >= 4 is 11.9 Å². The normalized spacial score (nSPS) is 34.1. The zero-order chi connectivity index (χ0) is 15.7. The van der Waals surface area contributed by atoms with Crippen LogP contribution in [0, 0.1) is 0 Å². The highest BCUT2D eigenvalue weighted by Crippen LogP contribution is 2.32. The molecule has 0 saturated carbocycles. The molecular weight excluding hydrogens is 280 g/mol. The van der Waals surface area contributed by atoms with E-state index in [4.69, 9.17) is 18.9 Å². The minimum Gasteiger partial charge on any atom is -0.453 e. The second-order valence-corrected chi connectivity index (χ2v) is 5.17. The fourth-order valence-electron chi connectivity index (χ4n) is 2.07. The molecule has 0 aromatic carbocycles. The summed E-state index contributed by atoms with van der Waals surface area (Å²) in [4.78, 5) is 23.2. The maximum Gasteiger partial charge on any atom is 0.333 e. The molecule has 0 unspecified atom stereocenters. The first kappa shape index (κ1) is 15.7. The second-order valence-electron chi connectivity index (χ2n) is 5.17. The van der Waals surface area contributed by atoms with Gasteiger partial charge in [-0.3, -0.25) is 0 Å². The van der Waals surface area contributed by atoms with Crippen molar-refractivity contribution in [3.63, 3.8) is 0 Å². The minimum atomic E-state index is -1.25. The highest BCUT2D eigenvalue weighted by Gasteiger charge is 2.54. The zero-order valence-electron chi connectivity index (χ0n) is 11.9. The molecule has 2 bridgehead atoms. The highest BCUT2D eigenvalue weighted by molar-refractivity contribution is 5.87. The van der Waals surface area contributed by atoms with Crippen molar-refractivity contribution in [3.8, 4) is 0 Å². The van der Waals surface area contributed by atoms with E-state index >= 15 is 0 Å². The predicted molar refractivity (Wildman–Crippen MR) is 70.0 cm³/mol. The van der Waals surface area contributed by atoms with Crippen LogP contribution in [0.1, 0.15) is 13.8 Å². The van der Waals surface area contributed by atoms with E-state index in [-0.39, 0.29) is 17.8 Å². The summed E-state index contributed by atoms with van der Waals surface area (Å²) in [6.45, 7) is 10.0.